The molecular formula is C15H10Cl2FNO. The number of nitrogens with two attached hydrogens (primary N) is 1. The van der Waals surface area contributed by atoms with E-state index in [4.69, 9.17) is 33.4 Å². The summed E-state index contributed by atoms with van der Waals surface area (Å²) >= 11 is 11.9. The Kier molecular flexibility index (Phi) is 3.42. The average molecular weight is 310 g/mol. The second-order valence-electron chi connectivity index (χ2n) is 4.45. The van der Waals surface area contributed by atoms with Crippen LogP contribution in [-0.4, -0.2) is 0 Å². The van der Waals surface area contributed by atoms with Crippen LogP contribution in [0.15, 0.2) is 46.9 Å². The molecule has 0 saturated carbocycles. The van der Waals surface area contributed by atoms with E-state index in [1.54, 1.807) is 12.1 Å². The number of rotatable bonds is 2. The minimum absolute atomic E-state index is 0.285. The Hall–Kier alpha value is -1.55. The summed E-state index contributed by atoms with van der Waals surface area (Å²) in [5, 5.41) is 1.74. The molecule has 2 aromatic carbocycles. The van der Waals surface area contributed by atoms with E-state index < -0.39 is 11.9 Å². The monoisotopic (exact) mass is 309 g/mol. The molecule has 0 spiro atoms. The lowest BCUT2D eigenvalue weighted by Crippen LogP contribution is -2.12. The molecule has 1 heterocycles. The predicted molar refractivity (Wildman–Crippen MR) is 78.7 cm³/mol. The molecule has 0 fully saturated rings. The van der Waals surface area contributed by atoms with E-state index in [0.717, 1.165) is 5.39 Å². The molecule has 0 amide bonds. The molecule has 0 aliphatic rings. The van der Waals surface area contributed by atoms with Gasteiger partial charge in [0, 0.05) is 16.0 Å². The van der Waals surface area contributed by atoms with Gasteiger partial charge in [0.2, 0.25) is 0 Å². The van der Waals surface area contributed by atoms with E-state index in [1.807, 2.05) is 12.1 Å². The quantitative estimate of drug-likeness (QED) is 0.729. The lowest BCUT2D eigenvalue weighted by atomic mass is 10.0. The van der Waals surface area contributed by atoms with Crippen molar-refractivity contribution in [2.24, 2.45) is 5.73 Å². The molecule has 3 aromatic rings. The van der Waals surface area contributed by atoms with Gasteiger partial charge < -0.3 is 10.2 Å². The van der Waals surface area contributed by atoms with Gasteiger partial charge in [-0.1, -0.05) is 35.3 Å². The fourth-order valence-electron chi connectivity index (χ4n) is 2.11. The molecule has 2 nitrogen and oxygen atoms in total. The average Bonchev–Trinajstić information content (AvgIpc) is 2.86. The summed E-state index contributed by atoms with van der Waals surface area (Å²) in [6.07, 6.45) is 0. The van der Waals surface area contributed by atoms with E-state index in [9.17, 15) is 4.39 Å². The zero-order chi connectivity index (χ0) is 14.3. The zero-order valence-electron chi connectivity index (χ0n) is 10.2. The fourth-order valence-corrected chi connectivity index (χ4v) is 2.51. The highest BCUT2D eigenvalue weighted by Crippen LogP contribution is 2.32. The summed E-state index contributed by atoms with van der Waals surface area (Å²) in [7, 11) is 0. The number of hydrogen-bond donors (Lipinski definition) is 1. The topological polar surface area (TPSA) is 39.2 Å². The summed E-state index contributed by atoms with van der Waals surface area (Å²) in [5.74, 6) is 0.0164. The third-order valence-electron chi connectivity index (χ3n) is 3.11. The maximum Gasteiger partial charge on any atom is 0.152 e. The molecule has 0 aliphatic heterocycles. The first-order valence-electron chi connectivity index (χ1n) is 5.95. The maximum absolute atomic E-state index is 13.8. The van der Waals surface area contributed by atoms with Gasteiger partial charge in [-0.25, -0.2) is 4.39 Å². The molecule has 0 saturated heterocycles. The van der Waals surface area contributed by atoms with Gasteiger partial charge in [0.1, 0.15) is 11.6 Å². The van der Waals surface area contributed by atoms with Crippen LogP contribution in [0.4, 0.5) is 4.39 Å². The van der Waals surface area contributed by atoms with E-state index in [-0.39, 0.29) is 5.56 Å². The predicted octanol–water partition coefficient (Wildman–Crippen LogP) is 4.93. The van der Waals surface area contributed by atoms with Crippen LogP contribution in [0.3, 0.4) is 0 Å². The molecule has 1 unspecified atom stereocenters. The van der Waals surface area contributed by atoms with E-state index >= 15 is 0 Å². The molecule has 1 atom stereocenters. The highest BCUT2D eigenvalue weighted by molar-refractivity contribution is 6.34. The molecule has 20 heavy (non-hydrogen) atoms. The van der Waals surface area contributed by atoms with Crippen LogP contribution in [0.25, 0.3) is 11.0 Å². The summed E-state index contributed by atoms with van der Waals surface area (Å²) < 4.78 is 19.5. The van der Waals surface area contributed by atoms with Crippen molar-refractivity contribution in [1.29, 1.82) is 0 Å². The van der Waals surface area contributed by atoms with Crippen LogP contribution in [0, 0.1) is 5.82 Å². The van der Waals surface area contributed by atoms with Crippen molar-refractivity contribution in [2.75, 3.05) is 0 Å². The van der Waals surface area contributed by atoms with Gasteiger partial charge >= 0.3 is 0 Å². The first-order chi connectivity index (χ1) is 9.56. The maximum atomic E-state index is 13.8. The highest BCUT2D eigenvalue weighted by atomic mass is 35.5. The summed E-state index contributed by atoms with van der Waals surface area (Å²) in [6, 6.07) is 10.7. The van der Waals surface area contributed by atoms with Crippen molar-refractivity contribution in [2.45, 2.75) is 6.04 Å². The lowest BCUT2D eigenvalue weighted by Gasteiger charge is -2.10. The summed E-state index contributed by atoms with van der Waals surface area (Å²) in [6.45, 7) is 0. The molecule has 5 heteroatoms. The first-order valence-corrected chi connectivity index (χ1v) is 6.70. The second-order valence-corrected chi connectivity index (χ2v) is 5.29. The van der Waals surface area contributed by atoms with Crippen molar-refractivity contribution in [1.82, 2.24) is 0 Å². The largest absolute Gasteiger partial charge is 0.457 e. The minimum atomic E-state index is -0.739. The molecule has 0 radical (unpaired) electrons. The van der Waals surface area contributed by atoms with Gasteiger partial charge in [-0.2, -0.15) is 0 Å². The van der Waals surface area contributed by atoms with Gasteiger partial charge in [-0.15, -0.1) is 0 Å². The third kappa shape index (κ3) is 2.29. The zero-order valence-corrected chi connectivity index (χ0v) is 11.8. The SMILES string of the molecule is NC(c1cc2cccc(Cl)c2o1)c1cc(Cl)ccc1F. The molecule has 2 N–H and O–H groups in total. The minimum Gasteiger partial charge on any atom is -0.457 e. The Morgan fingerprint density at radius 2 is 1.90 bits per heavy atom. The smallest absolute Gasteiger partial charge is 0.152 e. The van der Waals surface area contributed by atoms with Crippen LogP contribution < -0.4 is 5.73 Å². The standard InChI is InChI=1S/C15H10Cl2FNO/c16-9-4-5-12(18)10(7-9)14(19)13-6-8-2-1-3-11(17)15(8)20-13/h1-7,14H,19H2. The Balaban J connectivity index is 2.10. The number of para-hydroxylation sites is 1. The number of halogens is 3. The molecule has 3 rings (SSSR count). The van der Waals surface area contributed by atoms with Gasteiger partial charge in [0.05, 0.1) is 11.1 Å². The van der Waals surface area contributed by atoms with Crippen LogP contribution >= 0.6 is 23.2 Å². The summed E-state index contributed by atoms with van der Waals surface area (Å²) in [5.41, 5.74) is 6.89. The Bertz CT molecular complexity index is 785. The normalized spacial score (nSPS) is 12.8. The molecular weight excluding hydrogens is 300 g/mol. The van der Waals surface area contributed by atoms with Crippen molar-refractivity contribution in [3.8, 4) is 0 Å². The van der Waals surface area contributed by atoms with Crippen molar-refractivity contribution in [3.05, 3.63) is 69.7 Å². The highest BCUT2D eigenvalue weighted by Gasteiger charge is 2.19. The van der Waals surface area contributed by atoms with Gasteiger partial charge in [0.15, 0.2) is 5.58 Å². The molecule has 0 bridgehead atoms. The van der Waals surface area contributed by atoms with E-state index in [2.05, 4.69) is 0 Å². The van der Waals surface area contributed by atoms with Crippen molar-refractivity contribution in [3.63, 3.8) is 0 Å². The third-order valence-corrected chi connectivity index (χ3v) is 3.65. The molecule has 102 valence electrons. The number of hydrogen-bond acceptors (Lipinski definition) is 2. The van der Waals surface area contributed by atoms with E-state index in [1.165, 1.54) is 18.2 Å². The van der Waals surface area contributed by atoms with Crippen molar-refractivity contribution >= 4 is 34.2 Å². The van der Waals surface area contributed by atoms with Gasteiger partial charge in [-0.3, -0.25) is 0 Å². The Morgan fingerprint density at radius 3 is 2.65 bits per heavy atom. The Morgan fingerprint density at radius 1 is 1.10 bits per heavy atom. The second kappa shape index (κ2) is 5.09. The van der Waals surface area contributed by atoms with Gasteiger partial charge in [0.25, 0.3) is 0 Å². The molecule has 0 aliphatic carbocycles. The van der Waals surface area contributed by atoms with Crippen LogP contribution in [0.2, 0.25) is 10.0 Å². The number of fused-ring (bicyclic) bond motifs is 1. The number of furan rings is 1. The summed E-state index contributed by atoms with van der Waals surface area (Å²) in [4.78, 5) is 0. The first kappa shape index (κ1) is 13.4. The van der Waals surface area contributed by atoms with Crippen molar-refractivity contribution < 1.29 is 8.81 Å². The number of benzene rings is 2. The van der Waals surface area contributed by atoms with Gasteiger partial charge in [-0.05, 0) is 30.3 Å². The van der Waals surface area contributed by atoms with Crippen LogP contribution in [0.1, 0.15) is 17.4 Å². The van der Waals surface area contributed by atoms with Crippen LogP contribution in [-0.2, 0) is 0 Å². The molecule has 1 aromatic heterocycles. The lowest BCUT2D eigenvalue weighted by molar-refractivity contribution is 0.510. The Labute approximate surface area is 124 Å². The van der Waals surface area contributed by atoms with Crippen LogP contribution in [0.5, 0.6) is 0 Å². The fraction of sp³-hybridized carbons (Fsp3) is 0.0667. The van der Waals surface area contributed by atoms with E-state index in [0.29, 0.717) is 21.4 Å².